The quantitative estimate of drug-likeness (QED) is 0.570. The number of piperidine rings is 1. The van der Waals surface area contributed by atoms with Crippen LogP contribution >= 0.6 is 27.3 Å². The van der Waals surface area contributed by atoms with E-state index in [2.05, 4.69) is 32.2 Å². The lowest BCUT2D eigenvalue weighted by Crippen LogP contribution is -2.55. The van der Waals surface area contributed by atoms with Crippen molar-refractivity contribution >= 4 is 27.3 Å². The van der Waals surface area contributed by atoms with Gasteiger partial charge in [-0.05, 0) is 25.0 Å². The predicted octanol–water partition coefficient (Wildman–Crippen LogP) is 3.36. The maximum absolute atomic E-state index is 13.3. The van der Waals surface area contributed by atoms with E-state index in [1.807, 2.05) is 20.2 Å². The highest BCUT2D eigenvalue weighted by Crippen LogP contribution is 2.53. The molecule has 1 unspecified atom stereocenters. The molecule has 0 aromatic carbocycles. The molecule has 4 atom stereocenters. The second-order valence-electron chi connectivity index (χ2n) is 7.13. The lowest BCUT2D eigenvalue weighted by Gasteiger charge is -2.47. The van der Waals surface area contributed by atoms with Gasteiger partial charge in [-0.25, -0.2) is 0 Å². The molecule has 0 amide bonds. The lowest BCUT2D eigenvalue weighted by molar-refractivity contribution is -0.134. The molecule has 26 heavy (non-hydrogen) atoms. The van der Waals surface area contributed by atoms with E-state index in [1.165, 1.54) is 6.07 Å². The Labute approximate surface area is 162 Å². The number of nitrogens with one attached hydrogen (secondary N) is 3. The van der Waals surface area contributed by atoms with Crippen LogP contribution in [0.3, 0.4) is 0 Å². The summed E-state index contributed by atoms with van der Waals surface area (Å²) in [6.07, 6.45) is -1.17. The van der Waals surface area contributed by atoms with E-state index in [0.717, 1.165) is 17.0 Å². The fourth-order valence-corrected chi connectivity index (χ4v) is 5.89. The van der Waals surface area contributed by atoms with Crippen LogP contribution < -0.4 is 16.3 Å². The van der Waals surface area contributed by atoms with Crippen molar-refractivity contribution in [3.8, 4) is 0 Å². The van der Waals surface area contributed by atoms with Crippen molar-refractivity contribution in [2.45, 2.75) is 48.5 Å². The molecule has 3 aliphatic heterocycles. The van der Waals surface area contributed by atoms with Gasteiger partial charge in [0.2, 0.25) is 0 Å². The van der Waals surface area contributed by atoms with Crippen LogP contribution in [0.1, 0.15) is 39.9 Å². The highest BCUT2D eigenvalue weighted by atomic mass is 79.9. The van der Waals surface area contributed by atoms with E-state index in [9.17, 15) is 13.2 Å². The first-order valence-electron chi connectivity index (χ1n) is 8.40. The van der Waals surface area contributed by atoms with E-state index < -0.39 is 16.7 Å². The lowest BCUT2D eigenvalue weighted by atomic mass is 9.79. The summed E-state index contributed by atoms with van der Waals surface area (Å²) in [5.74, 6) is 0. The number of fused-ring (bicyclic) bond motifs is 2. The summed E-state index contributed by atoms with van der Waals surface area (Å²) < 4.78 is 46.1. The van der Waals surface area contributed by atoms with Gasteiger partial charge < -0.3 is 15.5 Å². The molecule has 4 rings (SSSR count). The Morgan fingerprint density at radius 2 is 2.15 bits per heavy atom. The highest BCUT2D eigenvalue weighted by Gasteiger charge is 2.50. The van der Waals surface area contributed by atoms with E-state index >= 15 is 0 Å². The number of alkyl halides is 4. The van der Waals surface area contributed by atoms with E-state index in [1.54, 1.807) is 5.01 Å². The topological polar surface area (TPSA) is 48.6 Å². The molecule has 1 aromatic heterocycles. The first-order valence-corrected chi connectivity index (χ1v) is 10.1. The number of hydrogen-bond acceptors (Lipinski definition) is 6. The van der Waals surface area contributed by atoms with Crippen molar-refractivity contribution in [1.82, 2.24) is 21.3 Å². The van der Waals surface area contributed by atoms with Gasteiger partial charge in [0, 0.05) is 30.6 Å². The molecule has 4 heterocycles. The highest BCUT2D eigenvalue weighted by molar-refractivity contribution is 9.09. The first kappa shape index (κ1) is 18.5. The molecule has 5 nitrogen and oxygen atoms in total. The standard InChI is InChI=1S/C16H20BrF3N4OS/c1-8-4-15(5-11(21-8)12-6-24(2)23-22-12)14-9(10(17)7-25-15)3-13(26-14)16(18,19)20/h3,6,8,10-11,21-23H,4-5,7H2,1-2H3/t8-,10?,11-,15-/m0/s1. The van der Waals surface area contributed by atoms with E-state index in [0.29, 0.717) is 29.9 Å². The summed E-state index contributed by atoms with van der Waals surface area (Å²) in [4.78, 5) is -0.0638. The fourth-order valence-electron chi connectivity index (χ4n) is 4.00. The summed E-state index contributed by atoms with van der Waals surface area (Å²) in [6.45, 7) is 2.41. The Morgan fingerprint density at radius 3 is 2.81 bits per heavy atom. The van der Waals surface area contributed by atoms with Gasteiger partial charge in [-0.1, -0.05) is 15.9 Å². The molecule has 1 aromatic rings. The van der Waals surface area contributed by atoms with Crippen LogP contribution in [0.5, 0.6) is 0 Å². The van der Waals surface area contributed by atoms with Crippen molar-refractivity contribution in [2.75, 3.05) is 13.7 Å². The number of halogens is 4. The molecule has 1 spiro atoms. The maximum Gasteiger partial charge on any atom is 0.425 e. The van der Waals surface area contributed by atoms with Crippen LogP contribution in [0.15, 0.2) is 18.0 Å². The molecule has 1 fully saturated rings. The second kappa shape index (κ2) is 6.37. The summed E-state index contributed by atoms with van der Waals surface area (Å²) >= 11 is 4.30. The van der Waals surface area contributed by atoms with E-state index in [-0.39, 0.29) is 16.9 Å². The van der Waals surface area contributed by atoms with Gasteiger partial charge in [0.15, 0.2) is 0 Å². The van der Waals surface area contributed by atoms with Gasteiger partial charge in [-0.2, -0.15) is 13.2 Å². The van der Waals surface area contributed by atoms with Crippen LogP contribution in [0.2, 0.25) is 0 Å². The number of hydrazine groups is 2. The monoisotopic (exact) mass is 452 g/mol. The third kappa shape index (κ3) is 3.15. The molecule has 3 aliphatic rings. The normalized spacial score (nSPS) is 34.6. The molecule has 0 aliphatic carbocycles. The third-order valence-electron chi connectivity index (χ3n) is 5.04. The Bertz CT molecular complexity index is 740. The van der Waals surface area contributed by atoms with Crippen LogP contribution in [0.25, 0.3) is 0 Å². The third-order valence-corrected chi connectivity index (χ3v) is 7.18. The minimum absolute atomic E-state index is 0.0348. The largest absolute Gasteiger partial charge is 0.425 e. The Balaban J connectivity index is 1.73. The Kier molecular flexibility index (Phi) is 4.54. The van der Waals surface area contributed by atoms with Gasteiger partial charge in [0.1, 0.15) is 10.5 Å². The summed E-state index contributed by atoms with van der Waals surface area (Å²) in [7, 11) is 1.88. The SMILES string of the molecule is C[C@H]1C[C@@]2(C[C@@H](C3=CN(C)NN3)N1)OCC(Br)c1cc(C(F)(F)F)sc12. The van der Waals surface area contributed by atoms with Crippen molar-refractivity contribution < 1.29 is 17.9 Å². The molecular weight excluding hydrogens is 433 g/mol. The van der Waals surface area contributed by atoms with Gasteiger partial charge >= 0.3 is 6.18 Å². The maximum atomic E-state index is 13.3. The molecule has 1 saturated heterocycles. The van der Waals surface area contributed by atoms with Crippen LogP contribution in [0, 0.1) is 0 Å². The number of thiophene rings is 1. The summed E-state index contributed by atoms with van der Waals surface area (Å²) in [5, 5.41) is 5.33. The molecule has 0 saturated carbocycles. The number of nitrogens with zero attached hydrogens (tertiary/aromatic N) is 1. The number of hydrogen-bond donors (Lipinski definition) is 3. The molecule has 3 N–H and O–H groups in total. The van der Waals surface area contributed by atoms with Crippen LogP contribution in [-0.4, -0.2) is 30.7 Å². The predicted molar refractivity (Wildman–Crippen MR) is 96.4 cm³/mol. The zero-order valence-electron chi connectivity index (χ0n) is 14.3. The number of rotatable bonds is 1. The van der Waals surface area contributed by atoms with Crippen molar-refractivity contribution in [3.05, 3.63) is 33.3 Å². The number of ether oxygens (including phenoxy) is 1. The van der Waals surface area contributed by atoms with Crippen molar-refractivity contribution in [2.24, 2.45) is 0 Å². The molecular formula is C16H20BrF3N4OS. The smallest absolute Gasteiger partial charge is 0.368 e. The van der Waals surface area contributed by atoms with Gasteiger partial charge in [0.25, 0.3) is 0 Å². The zero-order valence-corrected chi connectivity index (χ0v) is 16.7. The Hall–Kier alpha value is -0.810. The van der Waals surface area contributed by atoms with Gasteiger partial charge in [0.05, 0.1) is 23.2 Å². The first-order chi connectivity index (χ1) is 12.2. The summed E-state index contributed by atoms with van der Waals surface area (Å²) in [6, 6.07) is 1.36. The van der Waals surface area contributed by atoms with Crippen molar-refractivity contribution in [1.29, 1.82) is 0 Å². The van der Waals surface area contributed by atoms with Crippen molar-refractivity contribution in [3.63, 3.8) is 0 Å². The fraction of sp³-hybridized carbons (Fsp3) is 0.625. The molecule has 0 bridgehead atoms. The molecule has 10 heteroatoms. The van der Waals surface area contributed by atoms with E-state index in [4.69, 9.17) is 4.74 Å². The molecule has 0 radical (unpaired) electrons. The Morgan fingerprint density at radius 1 is 1.38 bits per heavy atom. The average molecular weight is 453 g/mol. The minimum atomic E-state index is -4.34. The van der Waals surface area contributed by atoms with Crippen LogP contribution in [-0.2, 0) is 16.5 Å². The van der Waals surface area contributed by atoms with Crippen LogP contribution in [0.4, 0.5) is 13.2 Å². The van der Waals surface area contributed by atoms with Gasteiger partial charge in [-0.15, -0.1) is 16.9 Å². The average Bonchev–Trinajstić information content (AvgIpc) is 3.18. The molecule has 144 valence electrons. The minimum Gasteiger partial charge on any atom is -0.368 e. The zero-order chi connectivity index (χ0) is 18.7. The summed E-state index contributed by atoms with van der Waals surface area (Å²) in [5.41, 5.74) is 7.06. The van der Waals surface area contributed by atoms with Gasteiger partial charge in [-0.3, -0.25) is 5.01 Å². The second-order valence-corrected chi connectivity index (χ2v) is 9.28.